The lowest BCUT2D eigenvalue weighted by Crippen LogP contribution is -2.46. The van der Waals surface area contributed by atoms with E-state index in [9.17, 15) is 14.0 Å². The summed E-state index contributed by atoms with van der Waals surface area (Å²) in [5, 5.41) is 2.97. The van der Waals surface area contributed by atoms with Crippen molar-refractivity contribution in [3.63, 3.8) is 0 Å². The molecule has 6 heteroatoms. The van der Waals surface area contributed by atoms with Crippen molar-refractivity contribution in [2.24, 2.45) is 0 Å². The number of carbonyl (C=O) groups excluding carboxylic acids is 2. The Labute approximate surface area is 123 Å². The van der Waals surface area contributed by atoms with E-state index in [1.54, 1.807) is 4.90 Å². The second-order valence-electron chi connectivity index (χ2n) is 5.24. The minimum atomic E-state index is -0.596. The molecule has 2 heterocycles. The van der Waals surface area contributed by atoms with Gasteiger partial charge in [0.15, 0.2) is 5.82 Å². The summed E-state index contributed by atoms with van der Waals surface area (Å²) in [6, 6.07) is 1.50. The number of likely N-dealkylation sites (tertiary alicyclic amines) is 1. The van der Waals surface area contributed by atoms with E-state index >= 15 is 0 Å². The van der Waals surface area contributed by atoms with Gasteiger partial charge in [0.2, 0.25) is 5.91 Å². The van der Waals surface area contributed by atoms with Crippen molar-refractivity contribution in [1.29, 1.82) is 0 Å². The molecule has 1 fully saturated rings. The second-order valence-corrected chi connectivity index (χ2v) is 5.24. The minimum Gasteiger partial charge on any atom is -0.353 e. The largest absolute Gasteiger partial charge is 0.353 e. The summed E-state index contributed by atoms with van der Waals surface area (Å²) in [4.78, 5) is 29.0. The van der Waals surface area contributed by atoms with Crippen LogP contribution in [0.25, 0.3) is 0 Å². The number of rotatable bonds is 4. The molecule has 0 aromatic carbocycles. The SMILES string of the molecule is CCCC(=O)NC1CCN(C(=O)c2ccncc2F)CC1. The van der Waals surface area contributed by atoms with Gasteiger partial charge < -0.3 is 10.2 Å². The molecule has 1 aliphatic heterocycles. The van der Waals surface area contributed by atoms with E-state index in [-0.39, 0.29) is 23.4 Å². The van der Waals surface area contributed by atoms with Crippen LogP contribution in [0.15, 0.2) is 18.5 Å². The molecule has 0 unspecified atom stereocenters. The summed E-state index contributed by atoms with van der Waals surface area (Å²) in [6.45, 7) is 3.01. The van der Waals surface area contributed by atoms with Gasteiger partial charge in [-0.15, -0.1) is 0 Å². The molecule has 1 aliphatic rings. The molecule has 114 valence electrons. The van der Waals surface area contributed by atoms with Crippen LogP contribution >= 0.6 is 0 Å². The Hall–Kier alpha value is -1.98. The fourth-order valence-electron chi connectivity index (χ4n) is 2.47. The van der Waals surface area contributed by atoms with Gasteiger partial charge in [0.05, 0.1) is 11.8 Å². The Morgan fingerprint density at radius 2 is 2.14 bits per heavy atom. The third kappa shape index (κ3) is 4.00. The lowest BCUT2D eigenvalue weighted by atomic mass is 10.0. The first-order valence-corrected chi connectivity index (χ1v) is 7.30. The van der Waals surface area contributed by atoms with Gasteiger partial charge in [-0.3, -0.25) is 14.6 Å². The van der Waals surface area contributed by atoms with E-state index < -0.39 is 5.82 Å². The molecule has 0 spiro atoms. The lowest BCUT2D eigenvalue weighted by Gasteiger charge is -2.32. The highest BCUT2D eigenvalue weighted by molar-refractivity contribution is 5.94. The molecular weight excluding hydrogens is 273 g/mol. The number of nitrogens with one attached hydrogen (secondary N) is 1. The molecule has 0 bridgehead atoms. The van der Waals surface area contributed by atoms with Crippen molar-refractivity contribution < 1.29 is 14.0 Å². The summed E-state index contributed by atoms with van der Waals surface area (Å²) in [5.41, 5.74) is 0.0541. The number of halogens is 1. The molecule has 0 atom stereocenters. The molecular formula is C15H20FN3O2. The van der Waals surface area contributed by atoms with Gasteiger partial charge in [-0.1, -0.05) is 6.92 Å². The molecule has 1 saturated heterocycles. The van der Waals surface area contributed by atoms with E-state index in [2.05, 4.69) is 10.3 Å². The number of amides is 2. The predicted molar refractivity (Wildman–Crippen MR) is 76.2 cm³/mol. The molecule has 2 amide bonds. The third-order valence-electron chi connectivity index (χ3n) is 3.63. The van der Waals surface area contributed by atoms with Crippen LogP contribution in [0.4, 0.5) is 4.39 Å². The van der Waals surface area contributed by atoms with E-state index in [4.69, 9.17) is 0 Å². The lowest BCUT2D eigenvalue weighted by molar-refractivity contribution is -0.122. The van der Waals surface area contributed by atoms with Crippen molar-refractivity contribution in [3.8, 4) is 0 Å². The molecule has 0 aliphatic carbocycles. The maximum absolute atomic E-state index is 13.6. The van der Waals surface area contributed by atoms with Crippen molar-refractivity contribution >= 4 is 11.8 Å². The standard InChI is InChI=1S/C15H20FN3O2/c1-2-3-14(20)18-11-5-8-19(9-6-11)15(21)12-4-7-17-10-13(12)16/h4,7,10-11H,2-3,5-6,8-9H2,1H3,(H,18,20). The van der Waals surface area contributed by atoms with Crippen LogP contribution < -0.4 is 5.32 Å². The van der Waals surface area contributed by atoms with Gasteiger partial charge in [-0.25, -0.2) is 4.39 Å². The first-order chi connectivity index (χ1) is 10.1. The van der Waals surface area contributed by atoms with Gasteiger partial charge in [0.25, 0.3) is 5.91 Å². The summed E-state index contributed by atoms with van der Waals surface area (Å²) in [7, 11) is 0. The monoisotopic (exact) mass is 293 g/mol. The maximum Gasteiger partial charge on any atom is 0.256 e. The molecule has 2 rings (SSSR count). The normalized spacial score (nSPS) is 15.8. The molecule has 21 heavy (non-hydrogen) atoms. The first-order valence-electron chi connectivity index (χ1n) is 7.30. The molecule has 0 radical (unpaired) electrons. The molecule has 5 nitrogen and oxygen atoms in total. The molecule has 1 aromatic heterocycles. The van der Waals surface area contributed by atoms with Gasteiger partial charge in [-0.05, 0) is 25.3 Å². The van der Waals surface area contributed by atoms with E-state index in [1.165, 1.54) is 12.3 Å². The van der Waals surface area contributed by atoms with Crippen molar-refractivity contribution in [2.45, 2.75) is 38.6 Å². The summed E-state index contributed by atoms with van der Waals surface area (Å²) in [5.74, 6) is -0.850. The molecule has 1 aromatic rings. The number of carbonyl (C=O) groups is 2. The summed E-state index contributed by atoms with van der Waals surface area (Å²) in [6.07, 6.45) is 5.21. The number of nitrogens with zero attached hydrogens (tertiary/aromatic N) is 2. The van der Waals surface area contributed by atoms with E-state index in [1.807, 2.05) is 6.92 Å². The zero-order valence-electron chi connectivity index (χ0n) is 12.1. The Kier molecular flexibility index (Phi) is 5.25. The number of aromatic nitrogens is 1. The van der Waals surface area contributed by atoms with Crippen LogP contribution in [0, 0.1) is 5.82 Å². The number of pyridine rings is 1. The van der Waals surface area contributed by atoms with Crippen LogP contribution in [0.5, 0.6) is 0 Å². The van der Waals surface area contributed by atoms with Crippen LogP contribution in [-0.4, -0.2) is 40.8 Å². The Morgan fingerprint density at radius 1 is 1.43 bits per heavy atom. The highest BCUT2D eigenvalue weighted by atomic mass is 19.1. The minimum absolute atomic E-state index is 0.0541. The number of hydrogen-bond acceptors (Lipinski definition) is 3. The summed E-state index contributed by atoms with van der Waals surface area (Å²) < 4.78 is 13.6. The molecule has 1 N–H and O–H groups in total. The quantitative estimate of drug-likeness (QED) is 0.920. The predicted octanol–water partition coefficient (Wildman–Crippen LogP) is 1.74. The highest BCUT2D eigenvalue weighted by Crippen LogP contribution is 2.15. The van der Waals surface area contributed by atoms with E-state index in [0.717, 1.165) is 12.6 Å². The topological polar surface area (TPSA) is 62.3 Å². The maximum atomic E-state index is 13.6. The number of piperidine rings is 1. The van der Waals surface area contributed by atoms with Gasteiger partial charge in [0, 0.05) is 31.7 Å². The zero-order valence-corrected chi connectivity index (χ0v) is 12.1. The fraction of sp³-hybridized carbons (Fsp3) is 0.533. The molecule has 0 saturated carbocycles. The third-order valence-corrected chi connectivity index (χ3v) is 3.63. The van der Waals surface area contributed by atoms with Gasteiger partial charge >= 0.3 is 0 Å². The van der Waals surface area contributed by atoms with Gasteiger partial charge in [-0.2, -0.15) is 0 Å². The Morgan fingerprint density at radius 3 is 2.76 bits per heavy atom. The van der Waals surface area contributed by atoms with Crippen molar-refractivity contribution in [1.82, 2.24) is 15.2 Å². The zero-order chi connectivity index (χ0) is 15.2. The number of hydrogen-bond donors (Lipinski definition) is 1. The van der Waals surface area contributed by atoms with Gasteiger partial charge in [0.1, 0.15) is 0 Å². The second kappa shape index (κ2) is 7.15. The van der Waals surface area contributed by atoms with Crippen molar-refractivity contribution in [2.75, 3.05) is 13.1 Å². The van der Waals surface area contributed by atoms with Crippen LogP contribution in [0.1, 0.15) is 43.0 Å². The first kappa shape index (κ1) is 15.4. The highest BCUT2D eigenvalue weighted by Gasteiger charge is 2.25. The fourth-order valence-corrected chi connectivity index (χ4v) is 2.47. The smallest absolute Gasteiger partial charge is 0.256 e. The Balaban J connectivity index is 1.88. The average molecular weight is 293 g/mol. The van der Waals surface area contributed by atoms with Crippen LogP contribution in [0.3, 0.4) is 0 Å². The van der Waals surface area contributed by atoms with E-state index in [0.29, 0.717) is 32.4 Å². The van der Waals surface area contributed by atoms with Crippen LogP contribution in [-0.2, 0) is 4.79 Å². The van der Waals surface area contributed by atoms with Crippen LogP contribution in [0.2, 0.25) is 0 Å². The van der Waals surface area contributed by atoms with Crippen molar-refractivity contribution in [3.05, 3.63) is 29.8 Å². The Bertz CT molecular complexity index is 513. The summed E-state index contributed by atoms with van der Waals surface area (Å²) >= 11 is 0. The average Bonchev–Trinajstić information content (AvgIpc) is 2.48.